The van der Waals surface area contributed by atoms with Crippen molar-refractivity contribution in [1.82, 2.24) is 0 Å². The molecule has 4 heteroatoms. The van der Waals surface area contributed by atoms with Crippen molar-refractivity contribution in [2.24, 2.45) is 5.92 Å². The maximum Gasteiger partial charge on any atom is 0.182 e. The average Bonchev–Trinajstić information content (AvgIpc) is 2.96. The molecular formula is C11H12F3N. The Hall–Kier alpha value is -1.19. The van der Waals surface area contributed by atoms with Gasteiger partial charge >= 0.3 is 0 Å². The zero-order valence-corrected chi connectivity index (χ0v) is 8.36. The second kappa shape index (κ2) is 3.76. The normalized spacial score (nSPS) is 17.6. The van der Waals surface area contributed by atoms with E-state index in [0.29, 0.717) is 12.0 Å². The fraction of sp³-hybridized carbons (Fsp3) is 0.455. The molecule has 0 heterocycles. The first-order valence-corrected chi connectivity index (χ1v) is 4.99. The van der Waals surface area contributed by atoms with Crippen LogP contribution in [0.5, 0.6) is 0 Å². The molecule has 0 spiro atoms. The van der Waals surface area contributed by atoms with Crippen molar-refractivity contribution in [2.75, 3.05) is 5.32 Å². The second-order valence-electron chi connectivity index (χ2n) is 4.02. The maximum atomic E-state index is 13.2. The molecule has 1 fully saturated rings. The third kappa shape index (κ3) is 2.25. The lowest BCUT2D eigenvalue weighted by Crippen LogP contribution is -2.18. The molecule has 1 aliphatic carbocycles. The van der Waals surface area contributed by atoms with Gasteiger partial charge in [-0.3, -0.25) is 0 Å². The van der Waals surface area contributed by atoms with Crippen LogP contribution < -0.4 is 5.32 Å². The summed E-state index contributed by atoms with van der Waals surface area (Å²) in [5, 5.41) is 2.80. The van der Waals surface area contributed by atoms with Crippen molar-refractivity contribution >= 4 is 5.69 Å². The summed E-state index contributed by atoms with van der Waals surface area (Å²) in [5.74, 6) is -2.43. The van der Waals surface area contributed by atoms with E-state index in [1.54, 1.807) is 0 Å². The molecule has 0 radical (unpaired) electrons. The summed E-state index contributed by atoms with van der Waals surface area (Å²) in [6, 6.07) is 1.58. The molecule has 1 unspecified atom stereocenters. The van der Waals surface area contributed by atoms with Crippen LogP contribution in [-0.4, -0.2) is 6.04 Å². The minimum Gasteiger partial charge on any atom is -0.380 e. The van der Waals surface area contributed by atoms with E-state index in [1.165, 1.54) is 0 Å². The van der Waals surface area contributed by atoms with E-state index in [-0.39, 0.29) is 11.7 Å². The van der Waals surface area contributed by atoms with E-state index in [1.807, 2.05) is 6.92 Å². The average molecular weight is 215 g/mol. The fourth-order valence-electron chi connectivity index (χ4n) is 1.62. The highest BCUT2D eigenvalue weighted by molar-refractivity contribution is 5.46. The van der Waals surface area contributed by atoms with Gasteiger partial charge < -0.3 is 5.32 Å². The van der Waals surface area contributed by atoms with Crippen molar-refractivity contribution in [2.45, 2.75) is 25.8 Å². The van der Waals surface area contributed by atoms with Crippen LogP contribution in [0.25, 0.3) is 0 Å². The molecular weight excluding hydrogens is 203 g/mol. The molecule has 0 amide bonds. The van der Waals surface area contributed by atoms with Crippen LogP contribution in [0.3, 0.4) is 0 Å². The van der Waals surface area contributed by atoms with Crippen LogP contribution in [0.4, 0.5) is 18.9 Å². The third-order valence-corrected chi connectivity index (χ3v) is 2.71. The lowest BCUT2D eigenvalue weighted by Gasteiger charge is -2.15. The van der Waals surface area contributed by atoms with E-state index in [2.05, 4.69) is 5.32 Å². The van der Waals surface area contributed by atoms with E-state index in [4.69, 9.17) is 0 Å². The van der Waals surface area contributed by atoms with Gasteiger partial charge in [0.1, 0.15) is 5.82 Å². The highest BCUT2D eigenvalue weighted by Gasteiger charge is 2.28. The second-order valence-corrected chi connectivity index (χ2v) is 4.02. The first kappa shape index (κ1) is 10.3. The SMILES string of the molecule is CC(Nc1cc(F)cc(F)c1F)C1CC1. The molecule has 1 atom stereocenters. The van der Waals surface area contributed by atoms with Gasteiger partial charge in [0.25, 0.3) is 0 Å². The Morgan fingerprint density at radius 3 is 2.53 bits per heavy atom. The summed E-state index contributed by atoms with van der Waals surface area (Å²) < 4.78 is 38.9. The smallest absolute Gasteiger partial charge is 0.182 e. The van der Waals surface area contributed by atoms with Gasteiger partial charge in [0.2, 0.25) is 0 Å². The minimum atomic E-state index is -1.15. The summed E-state index contributed by atoms with van der Waals surface area (Å²) in [7, 11) is 0. The van der Waals surface area contributed by atoms with Gasteiger partial charge in [-0.1, -0.05) is 0 Å². The van der Waals surface area contributed by atoms with Crippen LogP contribution in [0, 0.1) is 23.4 Å². The van der Waals surface area contributed by atoms with E-state index in [9.17, 15) is 13.2 Å². The van der Waals surface area contributed by atoms with Crippen LogP contribution in [-0.2, 0) is 0 Å². The first-order valence-electron chi connectivity index (χ1n) is 4.99. The van der Waals surface area contributed by atoms with Crippen molar-refractivity contribution in [1.29, 1.82) is 0 Å². The van der Waals surface area contributed by atoms with Gasteiger partial charge in [-0.2, -0.15) is 0 Å². The predicted octanol–water partition coefficient (Wildman–Crippen LogP) is 3.31. The molecule has 1 aromatic carbocycles. The van der Waals surface area contributed by atoms with Gasteiger partial charge in [-0.25, -0.2) is 13.2 Å². The summed E-state index contributed by atoms with van der Waals surface area (Å²) in [6.45, 7) is 1.89. The summed E-state index contributed by atoms with van der Waals surface area (Å²) in [5.41, 5.74) is -0.0908. The maximum absolute atomic E-state index is 13.2. The number of benzene rings is 1. The lowest BCUT2D eigenvalue weighted by molar-refractivity contribution is 0.495. The predicted molar refractivity (Wildman–Crippen MR) is 52.1 cm³/mol. The van der Waals surface area contributed by atoms with Crippen molar-refractivity contribution in [3.05, 3.63) is 29.6 Å². The van der Waals surface area contributed by atoms with Gasteiger partial charge in [-0.15, -0.1) is 0 Å². The standard InChI is InChI=1S/C11H12F3N/c1-6(7-2-3-7)15-10-5-8(12)4-9(13)11(10)14/h4-7,15H,2-3H2,1H3. The Labute approximate surface area is 86.3 Å². The molecule has 1 N–H and O–H groups in total. The van der Waals surface area contributed by atoms with Gasteiger partial charge in [0.05, 0.1) is 5.69 Å². The van der Waals surface area contributed by atoms with Gasteiger partial charge in [0, 0.05) is 18.2 Å². The Balaban J connectivity index is 2.19. The molecule has 0 bridgehead atoms. The molecule has 1 nitrogen and oxygen atoms in total. The van der Waals surface area contributed by atoms with Crippen molar-refractivity contribution < 1.29 is 13.2 Å². The number of hydrogen-bond donors (Lipinski definition) is 1. The molecule has 1 aliphatic rings. The van der Waals surface area contributed by atoms with E-state index < -0.39 is 17.5 Å². The van der Waals surface area contributed by atoms with E-state index in [0.717, 1.165) is 18.9 Å². The fourth-order valence-corrected chi connectivity index (χ4v) is 1.62. The Morgan fingerprint density at radius 2 is 1.93 bits per heavy atom. The number of halogens is 3. The quantitative estimate of drug-likeness (QED) is 0.763. The molecule has 0 aromatic heterocycles. The zero-order chi connectivity index (χ0) is 11.0. The molecule has 0 aliphatic heterocycles. The van der Waals surface area contributed by atoms with Crippen LogP contribution in [0.15, 0.2) is 12.1 Å². The number of hydrogen-bond acceptors (Lipinski definition) is 1. The zero-order valence-electron chi connectivity index (χ0n) is 8.36. The molecule has 0 saturated heterocycles. The monoisotopic (exact) mass is 215 g/mol. The molecule has 1 saturated carbocycles. The van der Waals surface area contributed by atoms with Crippen LogP contribution in [0.2, 0.25) is 0 Å². The van der Waals surface area contributed by atoms with Crippen LogP contribution in [0.1, 0.15) is 19.8 Å². The largest absolute Gasteiger partial charge is 0.380 e. The molecule has 1 aromatic rings. The van der Waals surface area contributed by atoms with Crippen molar-refractivity contribution in [3.63, 3.8) is 0 Å². The third-order valence-electron chi connectivity index (χ3n) is 2.71. The van der Waals surface area contributed by atoms with E-state index >= 15 is 0 Å². The molecule has 2 rings (SSSR count). The Kier molecular flexibility index (Phi) is 2.59. The number of rotatable bonds is 3. The highest BCUT2D eigenvalue weighted by Crippen LogP contribution is 2.34. The van der Waals surface area contributed by atoms with Crippen molar-refractivity contribution in [3.8, 4) is 0 Å². The van der Waals surface area contributed by atoms with Gasteiger partial charge in [-0.05, 0) is 25.7 Å². The summed E-state index contributed by atoms with van der Waals surface area (Å²) in [4.78, 5) is 0. The van der Waals surface area contributed by atoms with Crippen LogP contribution >= 0.6 is 0 Å². The summed E-state index contributed by atoms with van der Waals surface area (Å²) in [6.07, 6.45) is 2.18. The molecule has 15 heavy (non-hydrogen) atoms. The topological polar surface area (TPSA) is 12.0 Å². The van der Waals surface area contributed by atoms with Gasteiger partial charge in [0.15, 0.2) is 11.6 Å². The molecule has 82 valence electrons. The minimum absolute atomic E-state index is 0.0562. The first-order chi connectivity index (χ1) is 7.08. The summed E-state index contributed by atoms with van der Waals surface area (Å²) >= 11 is 0. The Bertz CT molecular complexity index is 374. The number of nitrogens with one attached hydrogen (secondary N) is 1. The highest BCUT2D eigenvalue weighted by atomic mass is 19.2. The Morgan fingerprint density at radius 1 is 1.27 bits per heavy atom. The number of anilines is 1. The lowest BCUT2D eigenvalue weighted by atomic mass is 10.2.